The van der Waals surface area contributed by atoms with Crippen molar-refractivity contribution in [2.45, 2.75) is 0 Å². The van der Waals surface area contributed by atoms with Gasteiger partial charge in [0.15, 0.2) is 0 Å². The molecule has 0 heterocycles. The van der Waals surface area contributed by atoms with Gasteiger partial charge in [-0.1, -0.05) is 29.3 Å². The fourth-order valence-corrected chi connectivity index (χ4v) is 1.89. The maximum absolute atomic E-state index is 11.9. The molecule has 0 atom stereocenters. The third-order valence-corrected chi connectivity index (χ3v) is 2.84. The summed E-state index contributed by atoms with van der Waals surface area (Å²) in [5.41, 5.74) is 0.815. The Bertz CT molecular complexity index is 599. The second-order valence-electron chi connectivity index (χ2n) is 3.63. The first-order valence-corrected chi connectivity index (χ1v) is 5.87. The van der Waals surface area contributed by atoms with Crippen molar-refractivity contribution in [3.63, 3.8) is 0 Å². The van der Waals surface area contributed by atoms with E-state index in [1.54, 1.807) is 30.3 Å². The highest BCUT2D eigenvalue weighted by atomic mass is 35.5. The summed E-state index contributed by atoms with van der Waals surface area (Å²) in [5.74, 6) is -0.319. The zero-order valence-electron chi connectivity index (χ0n) is 9.15. The second kappa shape index (κ2) is 5.29. The minimum atomic E-state index is -0.352. The summed E-state index contributed by atoms with van der Waals surface area (Å²) < 4.78 is 0. The van der Waals surface area contributed by atoms with E-state index < -0.39 is 0 Å². The molecule has 0 saturated carbocycles. The normalized spacial score (nSPS) is 10.1. The van der Waals surface area contributed by atoms with E-state index in [2.05, 4.69) is 5.32 Å². The fourth-order valence-electron chi connectivity index (χ4n) is 1.43. The lowest BCUT2D eigenvalue weighted by molar-refractivity contribution is 0.102. The van der Waals surface area contributed by atoms with Gasteiger partial charge in [-0.05, 0) is 36.4 Å². The highest BCUT2D eigenvalue weighted by Crippen LogP contribution is 2.26. The van der Waals surface area contributed by atoms with Crippen molar-refractivity contribution in [3.05, 3.63) is 58.1 Å². The molecule has 1 amide bonds. The molecule has 0 aliphatic rings. The topological polar surface area (TPSA) is 49.3 Å². The van der Waals surface area contributed by atoms with Crippen LogP contribution in [0.25, 0.3) is 0 Å². The lowest BCUT2D eigenvalue weighted by Gasteiger charge is -2.07. The zero-order valence-corrected chi connectivity index (χ0v) is 10.7. The number of carbonyl (C=O) groups is 1. The highest BCUT2D eigenvalue weighted by molar-refractivity contribution is 6.36. The Morgan fingerprint density at radius 2 is 1.89 bits per heavy atom. The van der Waals surface area contributed by atoms with Crippen LogP contribution in [0.4, 0.5) is 5.69 Å². The average molecular weight is 282 g/mol. The van der Waals surface area contributed by atoms with Crippen LogP contribution < -0.4 is 5.32 Å². The van der Waals surface area contributed by atoms with E-state index in [0.717, 1.165) is 0 Å². The molecule has 2 N–H and O–H groups in total. The Morgan fingerprint density at radius 1 is 1.11 bits per heavy atom. The van der Waals surface area contributed by atoms with Crippen molar-refractivity contribution < 1.29 is 9.90 Å². The molecule has 0 fully saturated rings. The molecule has 0 saturated heterocycles. The van der Waals surface area contributed by atoms with E-state index in [1.807, 2.05) is 0 Å². The number of hydrogen-bond donors (Lipinski definition) is 2. The molecule has 18 heavy (non-hydrogen) atoms. The van der Waals surface area contributed by atoms with Crippen LogP contribution in [-0.2, 0) is 0 Å². The number of nitrogens with one attached hydrogen (secondary N) is 1. The zero-order chi connectivity index (χ0) is 13.1. The number of anilines is 1. The first kappa shape index (κ1) is 12.7. The summed E-state index contributed by atoms with van der Waals surface area (Å²) >= 11 is 11.7. The Balaban J connectivity index is 2.21. The smallest absolute Gasteiger partial charge is 0.255 e. The summed E-state index contributed by atoms with van der Waals surface area (Å²) in [4.78, 5) is 11.9. The molecular formula is C13H9Cl2NO2. The predicted octanol–water partition coefficient (Wildman–Crippen LogP) is 3.95. The number of phenolic OH excluding ortho intramolecular Hbond substituents is 1. The quantitative estimate of drug-likeness (QED) is 0.876. The van der Waals surface area contributed by atoms with Gasteiger partial charge >= 0.3 is 0 Å². The molecule has 2 aromatic rings. The Morgan fingerprint density at radius 3 is 2.56 bits per heavy atom. The number of rotatable bonds is 2. The SMILES string of the molecule is O=C(Nc1ccc(Cl)cc1Cl)c1cccc(O)c1. The van der Waals surface area contributed by atoms with Gasteiger partial charge in [0.25, 0.3) is 5.91 Å². The molecule has 0 bridgehead atoms. The second-order valence-corrected chi connectivity index (χ2v) is 4.47. The van der Waals surface area contributed by atoms with E-state index >= 15 is 0 Å². The van der Waals surface area contributed by atoms with Gasteiger partial charge in [0.2, 0.25) is 0 Å². The minimum Gasteiger partial charge on any atom is -0.508 e. The minimum absolute atomic E-state index is 0.0323. The maximum Gasteiger partial charge on any atom is 0.255 e. The van der Waals surface area contributed by atoms with E-state index in [4.69, 9.17) is 23.2 Å². The lowest BCUT2D eigenvalue weighted by Crippen LogP contribution is -2.11. The van der Waals surface area contributed by atoms with Gasteiger partial charge in [-0.2, -0.15) is 0 Å². The van der Waals surface area contributed by atoms with Crippen molar-refractivity contribution in [1.29, 1.82) is 0 Å². The first-order valence-electron chi connectivity index (χ1n) is 5.12. The number of aromatic hydroxyl groups is 1. The summed E-state index contributed by atoms with van der Waals surface area (Å²) in [5, 5.41) is 12.8. The number of phenols is 1. The molecule has 0 spiro atoms. The molecule has 2 aromatic carbocycles. The van der Waals surface area contributed by atoms with Gasteiger partial charge in [-0.3, -0.25) is 4.79 Å². The molecule has 0 aromatic heterocycles. The molecule has 5 heteroatoms. The van der Waals surface area contributed by atoms with Gasteiger partial charge in [-0.15, -0.1) is 0 Å². The molecule has 0 radical (unpaired) electrons. The summed E-state index contributed by atoms with van der Waals surface area (Å²) in [6, 6.07) is 10.8. The fraction of sp³-hybridized carbons (Fsp3) is 0. The van der Waals surface area contributed by atoms with Gasteiger partial charge < -0.3 is 10.4 Å². The number of carbonyl (C=O) groups excluding carboxylic acids is 1. The number of amides is 1. The average Bonchev–Trinajstić information content (AvgIpc) is 2.32. The van der Waals surface area contributed by atoms with Gasteiger partial charge in [-0.25, -0.2) is 0 Å². The largest absolute Gasteiger partial charge is 0.508 e. The van der Waals surface area contributed by atoms with Crippen molar-refractivity contribution in [1.82, 2.24) is 0 Å². The van der Waals surface area contributed by atoms with Crippen LogP contribution in [0.5, 0.6) is 5.75 Å². The van der Waals surface area contributed by atoms with Crippen LogP contribution in [-0.4, -0.2) is 11.0 Å². The molecular weight excluding hydrogens is 273 g/mol. The van der Waals surface area contributed by atoms with Crippen LogP contribution >= 0.6 is 23.2 Å². The molecule has 3 nitrogen and oxygen atoms in total. The first-order chi connectivity index (χ1) is 8.56. The van der Waals surface area contributed by atoms with E-state index in [1.165, 1.54) is 12.1 Å². The Labute approximate surface area is 114 Å². The number of halogens is 2. The van der Waals surface area contributed by atoms with Gasteiger partial charge in [0.1, 0.15) is 5.75 Å². The Kier molecular flexibility index (Phi) is 3.75. The lowest BCUT2D eigenvalue weighted by atomic mass is 10.2. The van der Waals surface area contributed by atoms with Gasteiger partial charge in [0, 0.05) is 10.6 Å². The summed E-state index contributed by atoms with van der Waals surface area (Å²) in [6.45, 7) is 0. The van der Waals surface area contributed by atoms with Crippen LogP contribution in [0.3, 0.4) is 0 Å². The highest BCUT2D eigenvalue weighted by Gasteiger charge is 2.09. The molecule has 0 aliphatic heterocycles. The molecule has 2 rings (SSSR count). The number of hydrogen-bond acceptors (Lipinski definition) is 2. The van der Waals surface area contributed by atoms with Crippen LogP contribution in [0.15, 0.2) is 42.5 Å². The van der Waals surface area contributed by atoms with Crippen LogP contribution in [0, 0.1) is 0 Å². The third kappa shape index (κ3) is 2.94. The van der Waals surface area contributed by atoms with Crippen LogP contribution in [0.1, 0.15) is 10.4 Å². The Hall–Kier alpha value is -1.71. The summed E-state index contributed by atoms with van der Waals surface area (Å²) in [6.07, 6.45) is 0. The van der Waals surface area contributed by atoms with Gasteiger partial charge in [0.05, 0.1) is 10.7 Å². The maximum atomic E-state index is 11.9. The summed E-state index contributed by atoms with van der Waals surface area (Å²) in [7, 11) is 0. The van der Waals surface area contributed by atoms with E-state index in [-0.39, 0.29) is 11.7 Å². The van der Waals surface area contributed by atoms with Crippen molar-refractivity contribution in [2.75, 3.05) is 5.32 Å². The van der Waals surface area contributed by atoms with Crippen molar-refractivity contribution in [2.24, 2.45) is 0 Å². The molecule has 92 valence electrons. The predicted molar refractivity (Wildman–Crippen MR) is 72.5 cm³/mol. The van der Waals surface area contributed by atoms with E-state index in [0.29, 0.717) is 21.3 Å². The van der Waals surface area contributed by atoms with Crippen molar-refractivity contribution >= 4 is 34.8 Å². The monoisotopic (exact) mass is 281 g/mol. The molecule has 0 unspecified atom stereocenters. The third-order valence-electron chi connectivity index (χ3n) is 2.29. The van der Waals surface area contributed by atoms with Crippen LogP contribution in [0.2, 0.25) is 10.0 Å². The standard InChI is InChI=1S/C13H9Cl2NO2/c14-9-4-5-12(11(15)7-9)16-13(18)8-2-1-3-10(17)6-8/h1-7,17H,(H,16,18). The molecule has 0 aliphatic carbocycles. The van der Waals surface area contributed by atoms with E-state index in [9.17, 15) is 9.90 Å². The van der Waals surface area contributed by atoms with Crippen molar-refractivity contribution in [3.8, 4) is 5.75 Å². The number of benzene rings is 2.